The van der Waals surface area contributed by atoms with Crippen LogP contribution in [-0.4, -0.2) is 30.0 Å². The van der Waals surface area contributed by atoms with E-state index in [1.807, 2.05) is 37.2 Å². The van der Waals surface area contributed by atoms with Crippen molar-refractivity contribution in [1.29, 1.82) is 0 Å². The molecule has 0 spiro atoms. The van der Waals surface area contributed by atoms with E-state index in [0.29, 0.717) is 14.9 Å². The number of hydrogen-bond acceptors (Lipinski definition) is 7. The molecular weight excluding hydrogens is 366 g/mol. The van der Waals surface area contributed by atoms with E-state index >= 15 is 0 Å². The first-order chi connectivity index (χ1) is 11.4. The number of rotatable bonds is 5. The van der Waals surface area contributed by atoms with Crippen molar-refractivity contribution >= 4 is 46.1 Å². The lowest BCUT2D eigenvalue weighted by Crippen LogP contribution is -2.24. The summed E-state index contributed by atoms with van der Waals surface area (Å²) in [5, 5.41) is 11.8. The highest BCUT2D eigenvalue weighted by Crippen LogP contribution is 2.38. The third-order valence-electron chi connectivity index (χ3n) is 3.26. The van der Waals surface area contributed by atoms with E-state index in [1.54, 1.807) is 12.3 Å². The molecule has 0 saturated carbocycles. The number of hydrogen-bond donors (Lipinski definition) is 0. The topological polar surface area (TPSA) is 69.2 Å². The van der Waals surface area contributed by atoms with Crippen LogP contribution in [0.2, 0.25) is 4.34 Å². The molecule has 3 heterocycles. The van der Waals surface area contributed by atoms with E-state index in [-0.39, 0.29) is 6.42 Å². The maximum Gasteiger partial charge on any atom is 0.127 e. The Balaban J connectivity index is 2.02. The summed E-state index contributed by atoms with van der Waals surface area (Å²) in [6.07, 6.45) is 1.56. The molecule has 0 saturated heterocycles. The largest absolute Gasteiger partial charge is 0.550 e. The molecule has 3 aromatic heterocycles. The Morgan fingerprint density at radius 3 is 2.58 bits per heavy atom. The standard InChI is InChI=1S/C16H14ClN3O2S2/c1-20(2)13-6-3-9(8-18-13)16-19-15(10-4-5-12(17)23-10)11(24-16)7-14(21)22/h3-6,8H,7H2,1-2H3,(H,21,22)/p-1. The van der Waals surface area contributed by atoms with Gasteiger partial charge in [-0.25, -0.2) is 9.97 Å². The third-order valence-corrected chi connectivity index (χ3v) is 5.60. The molecule has 0 aromatic carbocycles. The fourth-order valence-electron chi connectivity index (χ4n) is 2.14. The Bertz CT molecular complexity index is 872. The minimum atomic E-state index is -1.13. The second-order valence-electron chi connectivity index (χ2n) is 5.24. The molecule has 0 aliphatic heterocycles. The molecule has 0 atom stereocenters. The van der Waals surface area contributed by atoms with Crippen molar-refractivity contribution in [3.05, 3.63) is 39.7 Å². The number of aliphatic carboxylic acids is 1. The van der Waals surface area contributed by atoms with E-state index in [4.69, 9.17) is 11.6 Å². The molecule has 0 radical (unpaired) electrons. The number of anilines is 1. The van der Waals surface area contributed by atoms with Crippen molar-refractivity contribution < 1.29 is 9.90 Å². The lowest BCUT2D eigenvalue weighted by Gasteiger charge is -2.10. The molecule has 8 heteroatoms. The molecule has 124 valence electrons. The Labute approximate surface area is 152 Å². The van der Waals surface area contributed by atoms with Gasteiger partial charge in [-0.1, -0.05) is 11.6 Å². The van der Waals surface area contributed by atoms with Crippen molar-refractivity contribution in [2.24, 2.45) is 0 Å². The highest BCUT2D eigenvalue weighted by Gasteiger charge is 2.16. The van der Waals surface area contributed by atoms with Crippen LogP contribution in [0.1, 0.15) is 4.88 Å². The summed E-state index contributed by atoms with van der Waals surface area (Å²) in [7, 11) is 3.84. The number of carbonyl (C=O) groups is 1. The van der Waals surface area contributed by atoms with Gasteiger partial charge in [0.1, 0.15) is 10.8 Å². The van der Waals surface area contributed by atoms with E-state index in [0.717, 1.165) is 21.3 Å². The SMILES string of the molecule is CN(C)c1ccc(-c2nc(-c3ccc(Cl)s3)c(CC(=O)[O-])s2)cn1. The van der Waals surface area contributed by atoms with Gasteiger partial charge in [-0.15, -0.1) is 22.7 Å². The Hall–Kier alpha value is -1.96. The second kappa shape index (κ2) is 6.88. The van der Waals surface area contributed by atoms with Crippen LogP contribution in [0.15, 0.2) is 30.5 Å². The molecule has 0 amide bonds. The molecule has 0 fully saturated rings. The van der Waals surface area contributed by atoms with E-state index in [1.165, 1.54) is 22.7 Å². The van der Waals surface area contributed by atoms with Crippen LogP contribution in [0.5, 0.6) is 0 Å². The molecule has 3 rings (SSSR count). The number of pyridine rings is 1. The monoisotopic (exact) mass is 378 g/mol. The minimum Gasteiger partial charge on any atom is -0.550 e. The van der Waals surface area contributed by atoms with Crippen molar-refractivity contribution in [1.82, 2.24) is 9.97 Å². The normalized spacial score (nSPS) is 10.8. The lowest BCUT2D eigenvalue weighted by molar-refractivity contribution is -0.304. The number of nitrogens with zero attached hydrogens (tertiary/aromatic N) is 3. The summed E-state index contributed by atoms with van der Waals surface area (Å²) in [5.74, 6) is -0.286. The molecule has 24 heavy (non-hydrogen) atoms. The highest BCUT2D eigenvalue weighted by atomic mass is 35.5. The smallest absolute Gasteiger partial charge is 0.127 e. The number of carboxylic acids is 1. The zero-order chi connectivity index (χ0) is 17.3. The molecule has 0 aliphatic rings. The van der Waals surface area contributed by atoms with E-state index in [2.05, 4.69) is 9.97 Å². The number of carboxylic acid groups (broad SMARTS) is 1. The van der Waals surface area contributed by atoms with Gasteiger partial charge in [-0.2, -0.15) is 0 Å². The minimum absolute atomic E-state index is 0.175. The molecule has 3 aromatic rings. The van der Waals surface area contributed by atoms with Gasteiger partial charge >= 0.3 is 0 Å². The summed E-state index contributed by atoms with van der Waals surface area (Å²) in [6, 6.07) is 7.45. The number of carbonyl (C=O) groups excluding carboxylic acids is 1. The van der Waals surface area contributed by atoms with E-state index < -0.39 is 5.97 Å². The molecule has 0 unspecified atom stereocenters. The number of halogens is 1. The van der Waals surface area contributed by atoms with Gasteiger partial charge < -0.3 is 14.8 Å². The van der Waals surface area contributed by atoms with Gasteiger partial charge in [0.15, 0.2) is 0 Å². The van der Waals surface area contributed by atoms with Crippen molar-refractivity contribution in [2.45, 2.75) is 6.42 Å². The predicted octanol–water partition coefficient (Wildman–Crippen LogP) is 2.95. The average Bonchev–Trinajstić information content (AvgIpc) is 3.13. The number of aromatic nitrogens is 2. The Morgan fingerprint density at radius 2 is 2.04 bits per heavy atom. The first kappa shape index (κ1) is 16.9. The van der Waals surface area contributed by atoms with Crippen LogP contribution in [0.4, 0.5) is 5.82 Å². The third kappa shape index (κ3) is 3.58. The Kier molecular flexibility index (Phi) is 4.84. The van der Waals surface area contributed by atoms with Crippen LogP contribution in [-0.2, 0) is 11.2 Å². The zero-order valence-electron chi connectivity index (χ0n) is 12.9. The van der Waals surface area contributed by atoms with Crippen LogP contribution in [0, 0.1) is 0 Å². The van der Waals surface area contributed by atoms with Gasteiger partial charge in [0.05, 0.1) is 14.9 Å². The predicted molar refractivity (Wildman–Crippen MR) is 96.7 cm³/mol. The van der Waals surface area contributed by atoms with Crippen LogP contribution in [0.3, 0.4) is 0 Å². The quantitative estimate of drug-likeness (QED) is 0.682. The summed E-state index contributed by atoms with van der Waals surface area (Å²) >= 11 is 8.70. The zero-order valence-corrected chi connectivity index (χ0v) is 15.3. The Morgan fingerprint density at radius 1 is 1.25 bits per heavy atom. The fourth-order valence-corrected chi connectivity index (χ4v) is 4.31. The van der Waals surface area contributed by atoms with Gasteiger partial charge in [-0.3, -0.25) is 0 Å². The van der Waals surface area contributed by atoms with Gasteiger partial charge in [0.25, 0.3) is 0 Å². The van der Waals surface area contributed by atoms with Crippen molar-refractivity contribution in [3.63, 3.8) is 0 Å². The first-order valence-electron chi connectivity index (χ1n) is 7.03. The second-order valence-corrected chi connectivity index (χ2v) is 8.04. The van der Waals surface area contributed by atoms with Crippen LogP contribution < -0.4 is 10.0 Å². The molecule has 5 nitrogen and oxygen atoms in total. The van der Waals surface area contributed by atoms with Gasteiger partial charge in [0, 0.05) is 43.1 Å². The number of thiazole rings is 1. The molecular formula is C16H13ClN3O2S2-. The summed E-state index contributed by atoms with van der Waals surface area (Å²) in [5.41, 5.74) is 1.49. The molecule has 0 N–H and O–H groups in total. The fraction of sp³-hybridized carbons (Fsp3) is 0.188. The maximum absolute atomic E-state index is 11.1. The molecule has 0 aliphatic carbocycles. The molecule has 0 bridgehead atoms. The first-order valence-corrected chi connectivity index (χ1v) is 9.04. The van der Waals surface area contributed by atoms with Crippen molar-refractivity contribution in [3.8, 4) is 21.1 Å². The summed E-state index contributed by atoms with van der Waals surface area (Å²) in [6.45, 7) is 0. The van der Waals surface area contributed by atoms with E-state index in [9.17, 15) is 9.90 Å². The van der Waals surface area contributed by atoms with Gasteiger partial charge in [-0.05, 0) is 24.3 Å². The highest BCUT2D eigenvalue weighted by molar-refractivity contribution is 7.20. The van der Waals surface area contributed by atoms with Crippen molar-refractivity contribution in [2.75, 3.05) is 19.0 Å². The van der Waals surface area contributed by atoms with Crippen LogP contribution >= 0.6 is 34.3 Å². The number of thiophene rings is 1. The van der Waals surface area contributed by atoms with Crippen LogP contribution in [0.25, 0.3) is 21.1 Å². The lowest BCUT2D eigenvalue weighted by atomic mass is 10.2. The van der Waals surface area contributed by atoms with Gasteiger partial charge in [0.2, 0.25) is 0 Å². The average molecular weight is 379 g/mol. The maximum atomic E-state index is 11.1. The summed E-state index contributed by atoms with van der Waals surface area (Å²) < 4.78 is 0.635. The summed E-state index contributed by atoms with van der Waals surface area (Å²) in [4.78, 5) is 23.5.